The Morgan fingerprint density at radius 2 is 1.86 bits per heavy atom. The molecule has 0 spiro atoms. The first-order valence-corrected chi connectivity index (χ1v) is 10.6. The quantitative estimate of drug-likeness (QED) is 0.839. The molecule has 0 atom stereocenters. The van der Waals surface area contributed by atoms with Gasteiger partial charge in [-0.3, -0.25) is 9.59 Å². The number of amides is 2. The van der Waals surface area contributed by atoms with E-state index < -0.39 is 0 Å². The summed E-state index contributed by atoms with van der Waals surface area (Å²) < 4.78 is 15.7. The summed E-state index contributed by atoms with van der Waals surface area (Å²) in [5.74, 6) is -0.599. The molecule has 1 aromatic carbocycles. The third-order valence-corrected chi connectivity index (χ3v) is 6.11. The zero-order valence-electron chi connectivity index (χ0n) is 17.0. The molecule has 1 aromatic heterocycles. The maximum atomic E-state index is 14.0. The lowest BCUT2D eigenvalue weighted by Crippen LogP contribution is -2.37. The van der Waals surface area contributed by atoms with E-state index in [9.17, 15) is 14.0 Å². The number of rotatable bonds is 5. The first-order valence-electron chi connectivity index (χ1n) is 10.6. The average Bonchev–Trinajstić information content (AvgIpc) is 3.11. The average molecular weight is 400 g/mol. The van der Waals surface area contributed by atoms with Gasteiger partial charge in [0, 0.05) is 38.5 Å². The number of hydrogen-bond acceptors (Lipinski definition) is 3. The van der Waals surface area contributed by atoms with Crippen molar-refractivity contribution in [2.45, 2.75) is 38.5 Å². The SMILES string of the molecule is Cn1c(C(=O)NCCN2CCCCCC2)c(N2CCCC2=O)c2cc(F)ccc21. The van der Waals surface area contributed by atoms with E-state index >= 15 is 0 Å². The van der Waals surface area contributed by atoms with Crippen molar-refractivity contribution in [1.82, 2.24) is 14.8 Å². The van der Waals surface area contributed by atoms with Crippen LogP contribution in [0.15, 0.2) is 18.2 Å². The number of anilines is 1. The molecule has 2 saturated heterocycles. The summed E-state index contributed by atoms with van der Waals surface area (Å²) in [6, 6.07) is 4.48. The molecule has 0 radical (unpaired) electrons. The summed E-state index contributed by atoms with van der Waals surface area (Å²) in [5, 5.41) is 3.64. The summed E-state index contributed by atoms with van der Waals surface area (Å²) in [6.07, 6.45) is 6.20. The number of hydrogen-bond donors (Lipinski definition) is 1. The molecule has 2 amide bonds. The van der Waals surface area contributed by atoms with Gasteiger partial charge in [0.1, 0.15) is 11.5 Å². The van der Waals surface area contributed by atoms with Gasteiger partial charge in [-0.2, -0.15) is 0 Å². The lowest BCUT2D eigenvalue weighted by atomic mass is 10.2. The van der Waals surface area contributed by atoms with E-state index in [2.05, 4.69) is 10.2 Å². The number of carbonyl (C=O) groups is 2. The number of halogens is 1. The molecule has 0 aliphatic carbocycles. The lowest BCUT2D eigenvalue weighted by molar-refractivity contribution is -0.117. The zero-order valence-corrected chi connectivity index (χ0v) is 17.0. The smallest absolute Gasteiger partial charge is 0.270 e. The number of benzene rings is 1. The van der Waals surface area contributed by atoms with Crippen molar-refractivity contribution in [2.24, 2.45) is 7.05 Å². The van der Waals surface area contributed by atoms with E-state index in [0.29, 0.717) is 36.3 Å². The Hall–Kier alpha value is -2.41. The molecule has 3 heterocycles. The molecule has 4 rings (SSSR count). The third-order valence-electron chi connectivity index (χ3n) is 6.11. The molecular weight excluding hydrogens is 371 g/mol. The Bertz CT molecular complexity index is 915. The molecule has 2 aliphatic rings. The fourth-order valence-electron chi connectivity index (χ4n) is 4.59. The van der Waals surface area contributed by atoms with Crippen LogP contribution >= 0.6 is 0 Å². The summed E-state index contributed by atoms with van der Waals surface area (Å²) >= 11 is 0. The lowest BCUT2D eigenvalue weighted by Gasteiger charge is -2.21. The van der Waals surface area contributed by atoms with Crippen LogP contribution in [0.3, 0.4) is 0 Å². The monoisotopic (exact) mass is 400 g/mol. The predicted octanol–water partition coefficient (Wildman–Crippen LogP) is 3.05. The standard InChI is InChI=1S/C22H29FN4O2/c1-25-18-9-8-16(23)15-17(18)20(27-13-6-7-19(27)28)21(25)22(29)24-10-14-26-11-4-2-3-5-12-26/h8-9,15H,2-7,10-14H2,1H3,(H,24,29). The largest absolute Gasteiger partial charge is 0.349 e. The van der Waals surface area contributed by atoms with E-state index in [1.165, 1.54) is 37.8 Å². The number of nitrogens with one attached hydrogen (secondary N) is 1. The summed E-state index contributed by atoms with van der Waals surface area (Å²) in [4.78, 5) is 29.6. The summed E-state index contributed by atoms with van der Waals surface area (Å²) in [5.41, 5.74) is 1.72. The van der Waals surface area contributed by atoms with Gasteiger partial charge in [0.05, 0.1) is 11.2 Å². The van der Waals surface area contributed by atoms with Gasteiger partial charge >= 0.3 is 0 Å². The second-order valence-electron chi connectivity index (χ2n) is 8.08. The van der Waals surface area contributed by atoms with Gasteiger partial charge in [0.2, 0.25) is 5.91 Å². The van der Waals surface area contributed by atoms with Crippen LogP contribution in [0.4, 0.5) is 10.1 Å². The molecule has 1 N–H and O–H groups in total. The molecule has 7 heteroatoms. The Morgan fingerprint density at radius 1 is 1.10 bits per heavy atom. The molecule has 2 aliphatic heterocycles. The molecular formula is C22H29FN4O2. The number of aryl methyl sites for hydroxylation is 1. The van der Waals surface area contributed by atoms with Gasteiger partial charge in [-0.15, -0.1) is 0 Å². The van der Waals surface area contributed by atoms with Crippen LogP contribution in [0, 0.1) is 5.82 Å². The normalized spacial score (nSPS) is 18.4. The molecule has 29 heavy (non-hydrogen) atoms. The Balaban J connectivity index is 1.59. The van der Waals surface area contributed by atoms with E-state index in [1.54, 1.807) is 22.6 Å². The fourth-order valence-corrected chi connectivity index (χ4v) is 4.59. The highest BCUT2D eigenvalue weighted by Gasteiger charge is 2.31. The highest BCUT2D eigenvalue weighted by atomic mass is 19.1. The van der Waals surface area contributed by atoms with Crippen molar-refractivity contribution < 1.29 is 14.0 Å². The molecule has 6 nitrogen and oxygen atoms in total. The Labute approximate surface area is 170 Å². The van der Waals surface area contributed by atoms with Gasteiger partial charge in [-0.05, 0) is 50.6 Å². The van der Waals surface area contributed by atoms with Gasteiger partial charge < -0.3 is 19.7 Å². The number of nitrogens with zero attached hydrogens (tertiary/aromatic N) is 3. The van der Waals surface area contributed by atoms with Crippen LogP contribution in [0.25, 0.3) is 10.9 Å². The van der Waals surface area contributed by atoms with Crippen LogP contribution in [-0.4, -0.2) is 54.0 Å². The second-order valence-corrected chi connectivity index (χ2v) is 8.08. The van der Waals surface area contributed by atoms with Crippen LogP contribution in [0.2, 0.25) is 0 Å². The maximum Gasteiger partial charge on any atom is 0.270 e. The predicted molar refractivity (Wildman–Crippen MR) is 112 cm³/mol. The van der Waals surface area contributed by atoms with Gasteiger partial charge in [0.25, 0.3) is 5.91 Å². The number of carbonyl (C=O) groups excluding carboxylic acids is 2. The minimum atomic E-state index is -0.371. The van der Waals surface area contributed by atoms with E-state index in [0.717, 1.165) is 31.6 Å². The minimum absolute atomic E-state index is 0.0135. The first kappa shape index (κ1) is 19.9. The summed E-state index contributed by atoms with van der Waals surface area (Å²) in [7, 11) is 1.80. The topological polar surface area (TPSA) is 57.6 Å². The van der Waals surface area contributed by atoms with Crippen LogP contribution in [-0.2, 0) is 11.8 Å². The number of likely N-dealkylation sites (tertiary alicyclic amines) is 1. The van der Waals surface area contributed by atoms with Crippen LogP contribution in [0.5, 0.6) is 0 Å². The Morgan fingerprint density at radius 3 is 2.55 bits per heavy atom. The van der Waals surface area contributed by atoms with Crippen molar-refractivity contribution in [3.05, 3.63) is 29.7 Å². The van der Waals surface area contributed by atoms with Gasteiger partial charge in [0.15, 0.2) is 0 Å². The van der Waals surface area contributed by atoms with Crippen molar-refractivity contribution in [3.8, 4) is 0 Å². The fraction of sp³-hybridized carbons (Fsp3) is 0.545. The molecule has 2 aromatic rings. The maximum absolute atomic E-state index is 14.0. The summed E-state index contributed by atoms with van der Waals surface area (Å²) in [6.45, 7) is 4.10. The van der Waals surface area contributed by atoms with Crippen LogP contribution in [0.1, 0.15) is 49.0 Å². The second kappa shape index (κ2) is 8.53. The molecule has 0 unspecified atom stereocenters. The van der Waals surface area contributed by atoms with Crippen molar-refractivity contribution >= 4 is 28.4 Å². The number of aromatic nitrogens is 1. The molecule has 0 bridgehead atoms. The van der Waals surface area contributed by atoms with E-state index in [4.69, 9.17) is 0 Å². The van der Waals surface area contributed by atoms with Crippen molar-refractivity contribution in [1.29, 1.82) is 0 Å². The van der Waals surface area contributed by atoms with Crippen LogP contribution < -0.4 is 10.2 Å². The number of fused-ring (bicyclic) bond motifs is 1. The van der Waals surface area contributed by atoms with Gasteiger partial charge in [-0.25, -0.2) is 4.39 Å². The minimum Gasteiger partial charge on any atom is -0.349 e. The van der Waals surface area contributed by atoms with E-state index in [-0.39, 0.29) is 17.6 Å². The van der Waals surface area contributed by atoms with Crippen molar-refractivity contribution in [2.75, 3.05) is 37.6 Å². The molecule has 0 saturated carbocycles. The van der Waals surface area contributed by atoms with Crippen molar-refractivity contribution in [3.63, 3.8) is 0 Å². The highest BCUT2D eigenvalue weighted by Crippen LogP contribution is 2.36. The highest BCUT2D eigenvalue weighted by molar-refractivity contribution is 6.14. The third kappa shape index (κ3) is 4.01. The first-order chi connectivity index (χ1) is 14.1. The molecule has 2 fully saturated rings. The Kier molecular flexibility index (Phi) is 5.85. The molecule has 156 valence electrons. The van der Waals surface area contributed by atoms with Gasteiger partial charge in [-0.1, -0.05) is 12.8 Å². The zero-order chi connectivity index (χ0) is 20.4. The van der Waals surface area contributed by atoms with E-state index in [1.807, 2.05) is 0 Å².